The largest absolute Gasteiger partial charge is 0.481 e. The van der Waals surface area contributed by atoms with E-state index in [4.69, 9.17) is 10.5 Å². The summed E-state index contributed by atoms with van der Waals surface area (Å²) in [6, 6.07) is 15.0. The molecule has 1 amide bonds. The van der Waals surface area contributed by atoms with E-state index in [-0.39, 0.29) is 23.7 Å². The highest BCUT2D eigenvalue weighted by Gasteiger charge is 2.17. The summed E-state index contributed by atoms with van der Waals surface area (Å²) in [7, 11) is 0. The molecule has 24 heavy (non-hydrogen) atoms. The molecule has 0 aromatic heterocycles. The number of ether oxygens (including phenoxy) is 1. The third-order valence-electron chi connectivity index (χ3n) is 3.62. The van der Waals surface area contributed by atoms with Crippen LogP contribution in [0.2, 0.25) is 0 Å². The molecule has 1 atom stereocenters. The summed E-state index contributed by atoms with van der Waals surface area (Å²) in [4.78, 5) is 12.2. The van der Waals surface area contributed by atoms with Crippen molar-refractivity contribution >= 4 is 29.7 Å². The summed E-state index contributed by atoms with van der Waals surface area (Å²) in [6.45, 7) is 8.18. The Balaban J connectivity index is 0.00000288. The minimum atomic E-state index is -0.616. The van der Waals surface area contributed by atoms with Crippen molar-refractivity contribution in [2.24, 2.45) is 0 Å². The molecule has 0 spiro atoms. The molecule has 0 aliphatic heterocycles. The van der Waals surface area contributed by atoms with Crippen molar-refractivity contribution in [1.82, 2.24) is 0 Å². The number of nitrogens with one attached hydrogen (secondary N) is 1. The highest BCUT2D eigenvalue weighted by atomic mass is 35.5. The zero-order chi connectivity index (χ0) is 17.0. The molecule has 0 saturated carbocycles. The third kappa shape index (κ3) is 5.17. The minimum Gasteiger partial charge on any atom is -0.481 e. The van der Waals surface area contributed by atoms with Gasteiger partial charge in [-0.2, -0.15) is 0 Å². The Labute approximate surface area is 149 Å². The van der Waals surface area contributed by atoms with Gasteiger partial charge < -0.3 is 15.8 Å². The fraction of sp³-hybridized carbons (Fsp3) is 0.316. The van der Waals surface area contributed by atoms with Gasteiger partial charge in [0.1, 0.15) is 5.75 Å². The van der Waals surface area contributed by atoms with E-state index in [1.54, 1.807) is 19.1 Å². The maximum absolute atomic E-state index is 12.2. The third-order valence-corrected chi connectivity index (χ3v) is 3.62. The Morgan fingerprint density at radius 1 is 1.08 bits per heavy atom. The van der Waals surface area contributed by atoms with E-state index in [9.17, 15) is 4.79 Å². The molecule has 5 heteroatoms. The first-order valence-corrected chi connectivity index (χ1v) is 7.70. The summed E-state index contributed by atoms with van der Waals surface area (Å²) in [5.41, 5.74) is 8.26. The Bertz CT molecular complexity index is 679. The highest BCUT2D eigenvalue weighted by molar-refractivity contribution is 5.96. The number of rotatable bonds is 4. The Hall–Kier alpha value is -2.20. The van der Waals surface area contributed by atoms with E-state index in [0.717, 1.165) is 0 Å². The molecule has 2 rings (SSSR count). The van der Waals surface area contributed by atoms with E-state index in [2.05, 4.69) is 26.1 Å². The maximum Gasteiger partial charge on any atom is 0.265 e. The first-order valence-electron chi connectivity index (χ1n) is 7.70. The lowest BCUT2D eigenvalue weighted by Crippen LogP contribution is -2.30. The van der Waals surface area contributed by atoms with Crippen LogP contribution in [0.25, 0.3) is 0 Å². The van der Waals surface area contributed by atoms with E-state index >= 15 is 0 Å². The number of hydrogen-bond acceptors (Lipinski definition) is 3. The predicted octanol–water partition coefficient (Wildman–Crippen LogP) is 4.39. The van der Waals surface area contributed by atoms with Crippen LogP contribution in [0, 0.1) is 0 Å². The van der Waals surface area contributed by atoms with Crippen molar-refractivity contribution in [3.8, 4) is 5.75 Å². The molecule has 0 saturated heterocycles. The molecule has 4 nitrogen and oxygen atoms in total. The number of para-hydroxylation sites is 2. The number of amides is 1. The van der Waals surface area contributed by atoms with Gasteiger partial charge in [-0.15, -0.1) is 12.4 Å². The first-order chi connectivity index (χ1) is 10.8. The molecule has 0 aliphatic carbocycles. The van der Waals surface area contributed by atoms with E-state index in [1.165, 1.54) is 5.56 Å². The number of nitrogens with two attached hydrogens (primary N) is 1. The van der Waals surface area contributed by atoms with Crippen molar-refractivity contribution in [3.63, 3.8) is 0 Å². The van der Waals surface area contributed by atoms with Gasteiger partial charge in [-0.1, -0.05) is 45.0 Å². The first kappa shape index (κ1) is 19.8. The van der Waals surface area contributed by atoms with Crippen molar-refractivity contribution in [3.05, 3.63) is 54.1 Å². The van der Waals surface area contributed by atoms with Crippen molar-refractivity contribution in [2.75, 3.05) is 11.1 Å². The second kappa shape index (κ2) is 8.06. The zero-order valence-corrected chi connectivity index (χ0v) is 15.3. The van der Waals surface area contributed by atoms with Gasteiger partial charge in [0, 0.05) is 0 Å². The Morgan fingerprint density at radius 2 is 1.67 bits per heavy atom. The van der Waals surface area contributed by atoms with Crippen LogP contribution in [0.4, 0.5) is 11.4 Å². The lowest BCUT2D eigenvalue weighted by Gasteiger charge is -2.20. The van der Waals surface area contributed by atoms with Crippen LogP contribution in [0.15, 0.2) is 48.5 Å². The summed E-state index contributed by atoms with van der Waals surface area (Å²) in [5.74, 6) is 0.435. The van der Waals surface area contributed by atoms with Crippen LogP contribution in [-0.4, -0.2) is 12.0 Å². The van der Waals surface area contributed by atoms with E-state index in [1.807, 2.05) is 36.4 Å². The molecule has 2 aromatic carbocycles. The normalized spacial score (nSPS) is 12.0. The monoisotopic (exact) mass is 348 g/mol. The summed E-state index contributed by atoms with van der Waals surface area (Å²) in [6.07, 6.45) is -0.616. The molecule has 2 aromatic rings. The number of carbonyl (C=O) groups is 1. The van der Waals surface area contributed by atoms with Gasteiger partial charge in [0.15, 0.2) is 6.10 Å². The van der Waals surface area contributed by atoms with Crippen LogP contribution in [0.3, 0.4) is 0 Å². The number of nitrogen functional groups attached to an aromatic ring is 1. The second-order valence-corrected chi connectivity index (χ2v) is 6.61. The fourth-order valence-electron chi connectivity index (χ4n) is 2.14. The topological polar surface area (TPSA) is 64.3 Å². The smallest absolute Gasteiger partial charge is 0.265 e. The standard InChI is InChI=1S/C19H24N2O2.ClH/c1-13(18(22)21-17-8-6-5-7-16(17)20)23-15-11-9-14(10-12-15)19(2,3)4;/h5-13H,20H2,1-4H3,(H,21,22);1H. The minimum absolute atomic E-state index is 0. The van der Waals surface area contributed by atoms with Crippen LogP contribution in [0.1, 0.15) is 33.3 Å². The van der Waals surface area contributed by atoms with E-state index < -0.39 is 6.10 Å². The average molecular weight is 349 g/mol. The van der Waals surface area contributed by atoms with Gasteiger partial charge in [0.25, 0.3) is 5.91 Å². The number of anilines is 2. The Morgan fingerprint density at radius 3 is 2.21 bits per heavy atom. The predicted molar refractivity (Wildman–Crippen MR) is 102 cm³/mol. The molecule has 130 valence electrons. The summed E-state index contributed by atoms with van der Waals surface area (Å²) in [5, 5.41) is 2.78. The zero-order valence-electron chi connectivity index (χ0n) is 14.5. The van der Waals surface area contributed by atoms with Crippen LogP contribution < -0.4 is 15.8 Å². The molecular formula is C19H25ClN2O2. The highest BCUT2D eigenvalue weighted by Crippen LogP contribution is 2.25. The van der Waals surface area contributed by atoms with Crippen LogP contribution in [0.5, 0.6) is 5.75 Å². The van der Waals surface area contributed by atoms with Crippen LogP contribution in [-0.2, 0) is 10.2 Å². The van der Waals surface area contributed by atoms with Gasteiger partial charge in [-0.25, -0.2) is 0 Å². The molecule has 0 radical (unpaired) electrons. The van der Waals surface area contributed by atoms with Gasteiger partial charge in [-0.3, -0.25) is 4.79 Å². The summed E-state index contributed by atoms with van der Waals surface area (Å²) >= 11 is 0. The lowest BCUT2D eigenvalue weighted by atomic mass is 9.87. The number of halogens is 1. The van der Waals surface area contributed by atoms with E-state index in [0.29, 0.717) is 17.1 Å². The average Bonchev–Trinajstić information content (AvgIpc) is 2.49. The molecule has 1 unspecified atom stereocenters. The number of carbonyl (C=O) groups excluding carboxylic acids is 1. The quantitative estimate of drug-likeness (QED) is 0.805. The van der Waals surface area contributed by atoms with Crippen molar-refractivity contribution in [2.45, 2.75) is 39.2 Å². The van der Waals surface area contributed by atoms with Crippen molar-refractivity contribution in [1.29, 1.82) is 0 Å². The molecule has 3 N–H and O–H groups in total. The SMILES string of the molecule is CC(Oc1ccc(C(C)(C)C)cc1)C(=O)Nc1ccccc1N.Cl. The van der Waals surface area contributed by atoms with Gasteiger partial charge >= 0.3 is 0 Å². The molecule has 0 fully saturated rings. The summed E-state index contributed by atoms with van der Waals surface area (Å²) < 4.78 is 5.70. The van der Waals surface area contributed by atoms with Gasteiger partial charge in [-0.05, 0) is 42.2 Å². The second-order valence-electron chi connectivity index (χ2n) is 6.61. The van der Waals surface area contributed by atoms with Crippen LogP contribution >= 0.6 is 12.4 Å². The van der Waals surface area contributed by atoms with Gasteiger partial charge in [0.2, 0.25) is 0 Å². The molecule has 0 heterocycles. The maximum atomic E-state index is 12.2. The molecular weight excluding hydrogens is 324 g/mol. The fourth-order valence-corrected chi connectivity index (χ4v) is 2.14. The van der Waals surface area contributed by atoms with Gasteiger partial charge in [0.05, 0.1) is 11.4 Å². The molecule has 0 bridgehead atoms. The molecule has 0 aliphatic rings. The van der Waals surface area contributed by atoms with Crippen molar-refractivity contribution < 1.29 is 9.53 Å². The number of hydrogen-bond donors (Lipinski definition) is 2. The Kier molecular flexibility index (Phi) is 6.67. The number of benzene rings is 2. The lowest BCUT2D eigenvalue weighted by molar-refractivity contribution is -0.122.